The van der Waals surface area contributed by atoms with Crippen LogP contribution in [0.15, 0.2) is 35.0 Å². The average molecular weight is 384 g/mol. The fraction of sp³-hybridized carbons (Fsp3) is 0.524. The molecule has 1 aliphatic heterocycles. The third-order valence-corrected chi connectivity index (χ3v) is 5.27. The number of aryl methyl sites for hydroxylation is 1. The summed E-state index contributed by atoms with van der Waals surface area (Å²) in [5.41, 5.74) is 1.36. The van der Waals surface area contributed by atoms with E-state index in [1.54, 1.807) is 24.1 Å². The molecule has 1 aliphatic rings. The highest BCUT2D eigenvalue weighted by Gasteiger charge is 2.26. The van der Waals surface area contributed by atoms with Gasteiger partial charge in [0.1, 0.15) is 5.76 Å². The molecule has 2 aromatic rings. The quantitative estimate of drug-likeness (QED) is 0.733. The third kappa shape index (κ3) is 5.41. The Balaban J connectivity index is 1.43. The first-order valence-corrected chi connectivity index (χ1v) is 9.89. The fourth-order valence-electron chi connectivity index (χ4n) is 3.59. The minimum absolute atomic E-state index is 0.0830. The van der Waals surface area contributed by atoms with Gasteiger partial charge in [0.05, 0.1) is 0 Å². The van der Waals surface area contributed by atoms with E-state index in [0.717, 1.165) is 37.9 Å². The van der Waals surface area contributed by atoms with Crippen LogP contribution in [0, 0.1) is 12.8 Å². The van der Waals surface area contributed by atoms with Crippen LogP contribution >= 0.6 is 0 Å². The molecule has 1 saturated heterocycles. The number of rotatable bonds is 7. The SMILES string of the molecule is Cc1cc(C(=O)N2CCC[C@H](CCC(=O)N(C)CCc3ccccn3)C2)no1. The van der Waals surface area contributed by atoms with Crippen LogP contribution < -0.4 is 0 Å². The summed E-state index contributed by atoms with van der Waals surface area (Å²) in [6.45, 7) is 3.85. The summed E-state index contributed by atoms with van der Waals surface area (Å²) in [6.07, 6.45) is 5.84. The Labute approximate surface area is 165 Å². The lowest BCUT2D eigenvalue weighted by Crippen LogP contribution is -2.40. The molecule has 0 aliphatic carbocycles. The topological polar surface area (TPSA) is 79.5 Å². The van der Waals surface area contributed by atoms with Crippen LogP contribution in [0.4, 0.5) is 0 Å². The van der Waals surface area contributed by atoms with E-state index in [-0.39, 0.29) is 11.8 Å². The van der Waals surface area contributed by atoms with E-state index >= 15 is 0 Å². The summed E-state index contributed by atoms with van der Waals surface area (Å²) >= 11 is 0. The van der Waals surface area contributed by atoms with E-state index in [0.29, 0.717) is 36.9 Å². The van der Waals surface area contributed by atoms with Crippen LogP contribution in [0.25, 0.3) is 0 Å². The van der Waals surface area contributed by atoms with Crippen LogP contribution in [0.5, 0.6) is 0 Å². The Morgan fingerprint density at radius 3 is 2.93 bits per heavy atom. The zero-order valence-electron chi connectivity index (χ0n) is 16.6. The highest BCUT2D eigenvalue weighted by Crippen LogP contribution is 2.23. The molecule has 0 radical (unpaired) electrons. The number of carbonyl (C=O) groups excluding carboxylic acids is 2. The Bertz CT molecular complexity index is 790. The van der Waals surface area contributed by atoms with Crippen molar-refractivity contribution in [2.24, 2.45) is 5.92 Å². The van der Waals surface area contributed by atoms with Crippen molar-refractivity contribution in [2.45, 2.75) is 39.0 Å². The van der Waals surface area contributed by atoms with E-state index in [4.69, 9.17) is 4.52 Å². The van der Waals surface area contributed by atoms with Gasteiger partial charge in [0.2, 0.25) is 5.91 Å². The second kappa shape index (κ2) is 9.48. The maximum Gasteiger partial charge on any atom is 0.276 e. The van der Waals surface area contributed by atoms with Crippen molar-refractivity contribution in [1.82, 2.24) is 19.9 Å². The monoisotopic (exact) mass is 384 g/mol. The standard InChI is InChI=1S/C21H28N4O3/c1-16-14-19(23-28-16)21(27)25-12-5-6-17(15-25)8-9-20(26)24(2)13-10-18-7-3-4-11-22-18/h3-4,7,11,14,17H,5-6,8-10,12-13,15H2,1-2H3/t17-/m1/s1. The van der Waals surface area contributed by atoms with Gasteiger partial charge in [0.15, 0.2) is 5.69 Å². The van der Waals surface area contributed by atoms with E-state index in [1.807, 2.05) is 30.1 Å². The van der Waals surface area contributed by atoms with Gasteiger partial charge in [-0.25, -0.2) is 0 Å². The molecule has 1 atom stereocenters. The highest BCUT2D eigenvalue weighted by atomic mass is 16.5. The van der Waals surface area contributed by atoms with Gasteiger partial charge in [-0.1, -0.05) is 11.2 Å². The van der Waals surface area contributed by atoms with Crippen molar-refractivity contribution in [3.63, 3.8) is 0 Å². The lowest BCUT2D eigenvalue weighted by atomic mass is 9.93. The summed E-state index contributed by atoms with van der Waals surface area (Å²) < 4.78 is 5.01. The Kier molecular flexibility index (Phi) is 6.79. The number of carbonyl (C=O) groups is 2. The minimum Gasteiger partial charge on any atom is -0.361 e. The first-order chi connectivity index (χ1) is 13.5. The smallest absolute Gasteiger partial charge is 0.276 e. The van der Waals surface area contributed by atoms with Gasteiger partial charge >= 0.3 is 0 Å². The van der Waals surface area contributed by atoms with Crippen molar-refractivity contribution in [1.29, 1.82) is 0 Å². The fourth-order valence-corrected chi connectivity index (χ4v) is 3.59. The molecule has 2 aromatic heterocycles. The number of aromatic nitrogens is 2. The van der Waals surface area contributed by atoms with Gasteiger partial charge in [-0.3, -0.25) is 14.6 Å². The molecular formula is C21H28N4O3. The van der Waals surface area contributed by atoms with E-state index in [9.17, 15) is 9.59 Å². The molecule has 0 bridgehead atoms. The summed E-state index contributed by atoms with van der Waals surface area (Å²) in [5.74, 6) is 1.04. The number of hydrogen-bond donors (Lipinski definition) is 0. The van der Waals surface area contributed by atoms with Gasteiger partial charge in [0, 0.05) is 57.5 Å². The number of likely N-dealkylation sites (N-methyl/N-ethyl adjacent to an activating group) is 1. The molecule has 0 aromatic carbocycles. The van der Waals surface area contributed by atoms with Crippen molar-refractivity contribution in [3.8, 4) is 0 Å². The molecule has 7 nitrogen and oxygen atoms in total. The molecule has 150 valence electrons. The van der Waals surface area contributed by atoms with Crippen LogP contribution in [0.3, 0.4) is 0 Å². The maximum absolute atomic E-state index is 12.5. The largest absolute Gasteiger partial charge is 0.361 e. The van der Waals surface area contributed by atoms with Gasteiger partial charge in [-0.2, -0.15) is 0 Å². The van der Waals surface area contributed by atoms with E-state index in [2.05, 4.69) is 10.1 Å². The van der Waals surface area contributed by atoms with Gasteiger partial charge in [-0.15, -0.1) is 0 Å². The summed E-state index contributed by atoms with van der Waals surface area (Å²) in [4.78, 5) is 32.9. The number of pyridine rings is 1. The number of piperidine rings is 1. The predicted octanol–water partition coefficient (Wildman–Crippen LogP) is 2.71. The lowest BCUT2D eigenvalue weighted by molar-refractivity contribution is -0.130. The Hall–Kier alpha value is -2.70. The number of hydrogen-bond acceptors (Lipinski definition) is 5. The molecule has 0 saturated carbocycles. The molecule has 28 heavy (non-hydrogen) atoms. The molecule has 2 amide bonds. The van der Waals surface area contributed by atoms with E-state index < -0.39 is 0 Å². The van der Waals surface area contributed by atoms with Gasteiger partial charge in [-0.05, 0) is 44.2 Å². The molecule has 3 heterocycles. The van der Waals surface area contributed by atoms with Crippen LogP contribution in [-0.4, -0.2) is 58.4 Å². The number of amides is 2. The number of likely N-dealkylation sites (tertiary alicyclic amines) is 1. The second-order valence-corrected chi connectivity index (χ2v) is 7.51. The average Bonchev–Trinajstić information content (AvgIpc) is 3.17. The van der Waals surface area contributed by atoms with E-state index in [1.165, 1.54) is 0 Å². The predicted molar refractivity (Wildman–Crippen MR) is 105 cm³/mol. The first-order valence-electron chi connectivity index (χ1n) is 9.89. The summed E-state index contributed by atoms with van der Waals surface area (Å²) in [5, 5.41) is 3.83. The molecule has 1 fully saturated rings. The summed E-state index contributed by atoms with van der Waals surface area (Å²) in [7, 11) is 1.84. The lowest BCUT2D eigenvalue weighted by Gasteiger charge is -2.32. The third-order valence-electron chi connectivity index (χ3n) is 5.27. The molecule has 0 unspecified atom stereocenters. The second-order valence-electron chi connectivity index (χ2n) is 7.51. The number of nitrogens with zero attached hydrogens (tertiary/aromatic N) is 4. The molecule has 7 heteroatoms. The zero-order chi connectivity index (χ0) is 19.9. The molecule has 3 rings (SSSR count). The van der Waals surface area contributed by atoms with Crippen LogP contribution in [0.1, 0.15) is 47.6 Å². The van der Waals surface area contributed by atoms with Crippen molar-refractivity contribution in [2.75, 3.05) is 26.7 Å². The van der Waals surface area contributed by atoms with Crippen molar-refractivity contribution in [3.05, 3.63) is 47.6 Å². The molecular weight excluding hydrogens is 356 g/mol. The normalized spacial score (nSPS) is 16.8. The summed E-state index contributed by atoms with van der Waals surface area (Å²) in [6, 6.07) is 7.50. The Morgan fingerprint density at radius 2 is 2.21 bits per heavy atom. The first kappa shape index (κ1) is 20.0. The molecule has 0 spiro atoms. The molecule has 0 N–H and O–H groups in total. The van der Waals surface area contributed by atoms with Crippen molar-refractivity contribution < 1.29 is 14.1 Å². The van der Waals surface area contributed by atoms with Gasteiger partial charge < -0.3 is 14.3 Å². The zero-order valence-corrected chi connectivity index (χ0v) is 16.6. The van der Waals surface area contributed by atoms with Crippen molar-refractivity contribution >= 4 is 11.8 Å². The van der Waals surface area contributed by atoms with Crippen LogP contribution in [0.2, 0.25) is 0 Å². The maximum atomic E-state index is 12.5. The van der Waals surface area contributed by atoms with Gasteiger partial charge in [0.25, 0.3) is 5.91 Å². The highest BCUT2D eigenvalue weighted by molar-refractivity contribution is 5.92. The van der Waals surface area contributed by atoms with Crippen LogP contribution in [-0.2, 0) is 11.2 Å². The minimum atomic E-state index is -0.0830. The Morgan fingerprint density at radius 1 is 1.36 bits per heavy atom.